The Labute approximate surface area is 153 Å². The smallest absolute Gasteiger partial charge is 0.247 e. The van der Waals surface area contributed by atoms with E-state index >= 15 is 0 Å². The number of hydrogen-bond acceptors (Lipinski definition) is 3. The highest BCUT2D eigenvalue weighted by molar-refractivity contribution is 6.30. The Morgan fingerprint density at radius 3 is 2.80 bits per heavy atom. The Morgan fingerprint density at radius 1 is 1.32 bits per heavy atom. The number of aryl methyl sites for hydroxylation is 1. The van der Waals surface area contributed by atoms with E-state index in [-0.39, 0.29) is 5.56 Å². The highest BCUT2D eigenvalue weighted by Crippen LogP contribution is 2.24. The van der Waals surface area contributed by atoms with Crippen molar-refractivity contribution in [1.82, 2.24) is 19.9 Å². The number of hydrogen-bond donors (Lipinski definition) is 2. The Bertz CT molecular complexity index is 711. The molecule has 0 radical (unpaired) electrons. The van der Waals surface area contributed by atoms with Crippen LogP contribution in [-0.2, 0) is 19.4 Å². The minimum absolute atomic E-state index is 0.0340. The van der Waals surface area contributed by atoms with E-state index in [9.17, 15) is 4.79 Å². The van der Waals surface area contributed by atoms with Gasteiger partial charge in [-0.1, -0.05) is 31.0 Å². The number of nitrogens with one attached hydrogen (secondary N) is 2. The second-order valence-electron chi connectivity index (χ2n) is 7.04. The topological polar surface area (TPSA) is 64.8 Å². The zero-order valence-electron chi connectivity index (χ0n) is 14.9. The van der Waals surface area contributed by atoms with Gasteiger partial charge in [0.15, 0.2) is 5.15 Å². The summed E-state index contributed by atoms with van der Waals surface area (Å²) in [5.41, 5.74) is 2.23. The molecule has 3 heterocycles. The van der Waals surface area contributed by atoms with E-state index in [1.165, 1.54) is 18.4 Å². The molecule has 5 nitrogen and oxygen atoms in total. The van der Waals surface area contributed by atoms with Crippen molar-refractivity contribution in [2.45, 2.75) is 52.0 Å². The maximum absolute atomic E-state index is 11.1. The van der Waals surface area contributed by atoms with E-state index in [4.69, 9.17) is 11.6 Å². The molecular weight excluding hydrogens is 336 g/mol. The van der Waals surface area contributed by atoms with E-state index in [0.29, 0.717) is 11.1 Å². The molecule has 0 atom stereocenters. The molecule has 0 aromatic carbocycles. The molecule has 25 heavy (non-hydrogen) atoms. The molecule has 0 amide bonds. The lowest BCUT2D eigenvalue weighted by molar-refractivity contribution is 0.175. The standard InChI is InChI=1S/C19H27ClN4O/c1-2-3-4-17-22-16(19(20)23-17)13-24-9-7-14(8-10-24)11-15-5-6-18(25)21-12-15/h5-6,12,14H,2-4,7-11,13H2,1H3,(H,21,25)(H,22,23). The number of aromatic nitrogens is 3. The third-order valence-corrected chi connectivity index (χ3v) is 5.32. The van der Waals surface area contributed by atoms with Crippen molar-refractivity contribution in [3.8, 4) is 0 Å². The molecule has 0 saturated carbocycles. The quantitative estimate of drug-likeness (QED) is 0.791. The first-order chi connectivity index (χ1) is 12.1. The molecule has 2 aromatic rings. The van der Waals surface area contributed by atoms with Crippen LogP contribution >= 0.6 is 11.6 Å². The average Bonchev–Trinajstić information content (AvgIpc) is 2.96. The number of likely N-dealkylation sites (tertiary alicyclic amines) is 1. The molecule has 1 fully saturated rings. The van der Waals surface area contributed by atoms with Crippen LogP contribution < -0.4 is 5.56 Å². The van der Waals surface area contributed by atoms with Gasteiger partial charge in [0.25, 0.3) is 0 Å². The minimum atomic E-state index is -0.0340. The van der Waals surface area contributed by atoms with Crippen LogP contribution in [0, 0.1) is 5.92 Å². The van der Waals surface area contributed by atoms with Crippen molar-refractivity contribution >= 4 is 11.6 Å². The molecule has 1 aliphatic rings. The molecule has 0 bridgehead atoms. The number of H-pyrrole nitrogens is 2. The number of nitrogens with zero attached hydrogens (tertiary/aromatic N) is 2. The lowest BCUT2D eigenvalue weighted by Gasteiger charge is -2.31. The van der Waals surface area contributed by atoms with Gasteiger partial charge in [0.1, 0.15) is 5.82 Å². The first-order valence-corrected chi connectivity index (χ1v) is 9.65. The molecule has 6 heteroatoms. The van der Waals surface area contributed by atoms with Gasteiger partial charge >= 0.3 is 0 Å². The van der Waals surface area contributed by atoms with Crippen molar-refractivity contribution in [1.29, 1.82) is 0 Å². The van der Waals surface area contributed by atoms with E-state index in [2.05, 4.69) is 26.8 Å². The van der Waals surface area contributed by atoms with Gasteiger partial charge in [-0.05, 0) is 50.3 Å². The normalized spacial score (nSPS) is 16.4. The third kappa shape index (κ3) is 5.19. The molecule has 2 N–H and O–H groups in total. The lowest BCUT2D eigenvalue weighted by atomic mass is 9.91. The van der Waals surface area contributed by atoms with Crippen LogP contribution in [0.3, 0.4) is 0 Å². The van der Waals surface area contributed by atoms with Gasteiger partial charge in [-0.15, -0.1) is 0 Å². The second kappa shape index (κ2) is 8.68. The maximum Gasteiger partial charge on any atom is 0.247 e. The third-order valence-electron chi connectivity index (χ3n) is 5.01. The summed E-state index contributed by atoms with van der Waals surface area (Å²) in [6, 6.07) is 3.55. The molecular formula is C19H27ClN4O. The lowest BCUT2D eigenvalue weighted by Crippen LogP contribution is -2.34. The van der Waals surface area contributed by atoms with Crippen molar-refractivity contribution in [2.24, 2.45) is 5.92 Å². The largest absolute Gasteiger partial charge is 0.344 e. The van der Waals surface area contributed by atoms with E-state index in [1.807, 2.05) is 12.3 Å². The molecule has 0 spiro atoms. The van der Waals surface area contributed by atoms with Crippen LogP contribution in [0.25, 0.3) is 0 Å². The fraction of sp³-hybridized carbons (Fsp3) is 0.579. The number of halogens is 1. The van der Waals surface area contributed by atoms with Crippen LogP contribution in [0.5, 0.6) is 0 Å². The first kappa shape index (κ1) is 18.2. The number of pyridine rings is 1. The summed E-state index contributed by atoms with van der Waals surface area (Å²) in [6.07, 6.45) is 8.50. The summed E-state index contributed by atoms with van der Waals surface area (Å²) in [7, 11) is 0. The van der Waals surface area contributed by atoms with E-state index in [0.717, 1.165) is 56.8 Å². The fourth-order valence-electron chi connectivity index (χ4n) is 3.48. The highest BCUT2D eigenvalue weighted by Gasteiger charge is 2.21. The van der Waals surface area contributed by atoms with Crippen LogP contribution in [0.15, 0.2) is 23.1 Å². The Balaban J connectivity index is 1.48. The number of imidazole rings is 1. The minimum Gasteiger partial charge on any atom is -0.344 e. The zero-order chi connectivity index (χ0) is 17.6. The van der Waals surface area contributed by atoms with Gasteiger partial charge < -0.3 is 9.97 Å². The van der Waals surface area contributed by atoms with Crippen LogP contribution in [-0.4, -0.2) is 32.9 Å². The summed E-state index contributed by atoms with van der Waals surface area (Å²) in [6.45, 7) is 5.19. The molecule has 1 aliphatic heterocycles. The van der Waals surface area contributed by atoms with Crippen molar-refractivity contribution in [2.75, 3.05) is 13.1 Å². The summed E-state index contributed by atoms with van der Waals surface area (Å²) in [5.74, 6) is 1.69. The number of unbranched alkanes of at least 4 members (excludes halogenated alkanes) is 1. The van der Waals surface area contributed by atoms with Gasteiger partial charge in [-0.3, -0.25) is 9.69 Å². The maximum atomic E-state index is 11.1. The van der Waals surface area contributed by atoms with Crippen molar-refractivity contribution in [3.63, 3.8) is 0 Å². The van der Waals surface area contributed by atoms with Crippen molar-refractivity contribution < 1.29 is 0 Å². The Morgan fingerprint density at radius 2 is 2.12 bits per heavy atom. The monoisotopic (exact) mass is 362 g/mol. The summed E-state index contributed by atoms with van der Waals surface area (Å²) < 4.78 is 0. The van der Waals surface area contributed by atoms with E-state index in [1.54, 1.807) is 6.07 Å². The van der Waals surface area contributed by atoms with Crippen LogP contribution in [0.1, 0.15) is 49.7 Å². The molecule has 0 aliphatic carbocycles. The number of rotatable bonds is 7. The van der Waals surface area contributed by atoms with Crippen LogP contribution in [0.2, 0.25) is 5.15 Å². The van der Waals surface area contributed by atoms with Gasteiger partial charge in [-0.2, -0.15) is 0 Å². The summed E-state index contributed by atoms with van der Waals surface area (Å²) >= 11 is 6.29. The van der Waals surface area contributed by atoms with Gasteiger partial charge in [0, 0.05) is 25.2 Å². The molecule has 2 aromatic heterocycles. The second-order valence-corrected chi connectivity index (χ2v) is 7.40. The SMILES string of the molecule is CCCCc1nc(Cl)c(CN2CCC(Cc3ccc(=O)[nH]c3)CC2)[nH]1. The predicted octanol–water partition coefficient (Wildman–Crippen LogP) is 3.55. The van der Waals surface area contributed by atoms with Gasteiger partial charge in [-0.25, -0.2) is 4.98 Å². The van der Waals surface area contributed by atoms with Gasteiger partial charge in [0.2, 0.25) is 5.56 Å². The fourth-order valence-corrected chi connectivity index (χ4v) is 3.69. The molecule has 3 rings (SSSR count). The Kier molecular flexibility index (Phi) is 6.32. The molecule has 0 unspecified atom stereocenters. The molecule has 136 valence electrons. The summed E-state index contributed by atoms with van der Waals surface area (Å²) in [5, 5.41) is 0.626. The first-order valence-electron chi connectivity index (χ1n) is 9.27. The highest BCUT2D eigenvalue weighted by atomic mass is 35.5. The van der Waals surface area contributed by atoms with Crippen molar-refractivity contribution in [3.05, 3.63) is 50.9 Å². The average molecular weight is 363 g/mol. The summed E-state index contributed by atoms with van der Waals surface area (Å²) in [4.78, 5) is 24.2. The van der Waals surface area contributed by atoms with Gasteiger partial charge in [0.05, 0.1) is 5.69 Å². The number of piperidine rings is 1. The number of aromatic amines is 2. The van der Waals surface area contributed by atoms with E-state index < -0.39 is 0 Å². The Hall–Kier alpha value is -1.59. The predicted molar refractivity (Wildman–Crippen MR) is 101 cm³/mol. The zero-order valence-corrected chi connectivity index (χ0v) is 15.6. The molecule has 1 saturated heterocycles. The van der Waals surface area contributed by atoms with Crippen LogP contribution in [0.4, 0.5) is 0 Å².